The number of fused-ring (bicyclic) bond motifs is 1. The van der Waals surface area contributed by atoms with Gasteiger partial charge < -0.3 is 10.6 Å². The Labute approximate surface area is 170 Å². The fourth-order valence-electron chi connectivity index (χ4n) is 3.38. The molecule has 2 amide bonds. The van der Waals surface area contributed by atoms with Gasteiger partial charge in [0.05, 0.1) is 5.69 Å². The highest BCUT2D eigenvalue weighted by molar-refractivity contribution is 7.98. The Bertz CT molecular complexity index is 815. The maximum absolute atomic E-state index is 12.6. The number of thioether (sulfide) groups is 1. The number of hydrogen-bond acceptors (Lipinski definition) is 4. The second-order valence-electron chi connectivity index (χ2n) is 7.01. The van der Waals surface area contributed by atoms with Crippen LogP contribution in [0.5, 0.6) is 0 Å². The SMILES string of the molecule is CCC(CC)C(=O)Nc1c2c(nn1CC(=O)NCCc1ccccc1)CSC2. The zero-order valence-electron chi connectivity index (χ0n) is 16.5. The summed E-state index contributed by atoms with van der Waals surface area (Å²) in [4.78, 5) is 25.0. The minimum Gasteiger partial charge on any atom is -0.354 e. The van der Waals surface area contributed by atoms with Gasteiger partial charge in [-0.2, -0.15) is 16.9 Å². The number of anilines is 1. The Kier molecular flexibility index (Phi) is 7.14. The van der Waals surface area contributed by atoms with Gasteiger partial charge in [0.1, 0.15) is 12.4 Å². The topological polar surface area (TPSA) is 76.0 Å². The number of benzene rings is 1. The molecule has 7 heteroatoms. The van der Waals surface area contributed by atoms with Gasteiger partial charge in [-0.15, -0.1) is 0 Å². The number of carbonyl (C=O) groups is 2. The zero-order valence-corrected chi connectivity index (χ0v) is 17.3. The van der Waals surface area contributed by atoms with Crippen molar-refractivity contribution in [2.24, 2.45) is 5.92 Å². The molecular formula is C21H28N4O2S. The molecule has 0 aliphatic carbocycles. The predicted octanol–water partition coefficient (Wildman–Crippen LogP) is 3.36. The van der Waals surface area contributed by atoms with E-state index in [-0.39, 0.29) is 24.3 Å². The molecule has 1 aliphatic rings. The molecule has 2 N–H and O–H groups in total. The van der Waals surface area contributed by atoms with Crippen molar-refractivity contribution < 1.29 is 9.59 Å². The molecule has 2 heterocycles. The lowest BCUT2D eigenvalue weighted by Gasteiger charge is -2.15. The Hall–Kier alpha value is -2.28. The van der Waals surface area contributed by atoms with Gasteiger partial charge in [-0.3, -0.25) is 9.59 Å². The van der Waals surface area contributed by atoms with Crippen LogP contribution in [0.2, 0.25) is 0 Å². The van der Waals surface area contributed by atoms with Crippen LogP contribution in [-0.2, 0) is 34.1 Å². The van der Waals surface area contributed by atoms with E-state index in [1.165, 1.54) is 5.56 Å². The van der Waals surface area contributed by atoms with E-state index in [1.807, 2.05) is 44.2 Å². The Morgan fingerprint density at radius 2 is 1.93 bits per heavy atom. The van der Waals surface area contributed by atoms with E-state index in [1.54, 1.807) is 16.4 Å². The molecule has 28 heavy (non-hydrogen) atoms. The highest BCUT2D eigenvalue weighted by Gasteiger charge is 2.26. The predicted molar refractivity (Wildman–Crippen MR) is 113 cm³/mol. The lowest BCUT2D eigenvalue weighted by atomic mass is 10.0. The van der Waals surface area contributed by atoms with Crippen molar-refractivity contribution in [1.82, 2.24) is 15.1 Å². The average molecular weight is 401 g/mol. The standard InChI is InChI=1S/C21H28N4O2S/c1-3-16(4-2)21(27)23-20-17-13-28-14-18(17)24-25(20)12-19(26)22-11-10-15-8-6-5-7-9-15/h5-9,16H,3-4,10-14H2,1-2H3,(H,22,26)(H,23,27). The minimum atomic E-state index is -0.0946. The van der Waals surface area contributed by atoms with Crippen molar-refractivity contribution in [3.05, 3.63) is 47.2 Å². The van der Waals surface area contributed by atoms with Gasteiger partial charge in [0.2, 0.25) is 11.8 Å². The molecule has 2 aromatic rings. The van der Waals surface area contributed by atoms with E-state index >= 15 is 0 Å². The first-order valence-corrected chi connectivity index (χ1v) is 11.1. The van der Waals surface area contributed by atoms with Crippen molar-refractivity contribution >= 4 is 29.4 Å². The third kappa shape index (κ3) is 4.95. The van der Waals surface area contributed by atoms with Gasteiger partial charge in [0, 0.05) is 29.5 Å². The van der Waals surface area contributed by atoms with Crippen LogP contribution >= 0.6 is 11.8 Å². The molecule has 1 aromatic heterocycles. The van der Waals surface area contributed by atoms with Gasteiger partial charge in [0.15, 0.2) is 0 Å². The molecule has 0 atom stereocenters. The van der Waals surface area contributed by atoms with Crippen molar-refractivity contribution in [3.63, 3.8) is 0 Å². The monoisotopic (exact) mass is 400 g/mol. The van der Waals surface area contributed by atoms with E-state index in [4.69, 9.17) is 0 Å². The van der Waals surface area contributed by atoms with E-state index in [2.05, 4.69) is 15.7 Å². The Morgan fingerprint density at radius 1 is 1.18 bits per heavy atom. The molecule has 0 unspecified atom stereocenters. The molecule has 3 rings (SSSR count). The van der Waals surface area contributed by atoms with Crippen molar-refractivity contribution in [2.75, 3.05) is 11.9 Å². The van der Waals surface area contributed by atoms with Gasteiger partial charge in [-0.05, 0) is 24.8 Å². The van der Waals surface area contributed by atoms with Crippen LogP contribution in [0.15, 0.2) is 30.3 Å². The molecule has 1 aliphatic heterocycles. The van der Waals surface area contributed by atoms with Crippen LogP contribution in [0.3, 0.4) is 0 Å². The van der Waals surface area contributed by atoms with Crippen LogP contribution in [0.1, 0.15) is 43.5 Å². The van der Waals surface area contributed by atoms with E-state index in [9.17, 15) is 9.59 Å². The van der Waals surface area contributed by atoms with Crippen molar-refractivity contribution in [1.29, 1.82) is 0 Å². The number of nitrogens with zero attached hydrogens (tertiary/aromatic N) is 2. The summed E-state index contributed by atoms with van der Waals surface area (Å²) in [6, 6.07) is 10.1. The van der Waals surface area contributed by atoms with Crippen LogP contribution in [-0.4, -0.2) is 28.1 Å². The molecule has 0 spiro atoms. The van der Waals surface area contributed by atoms with Gasteiger partial charge in [-0.1, -0.05) is 44.2 Å². The second-order valence-corrected chi connectivity index (χ2v) is 8.00. The third-order valence-electron chi connectivity index (χ3n) is 5.09. The summed E-state index contributed by atoms with van der Waals surface area (Å²) in [5.41, 5.74) is 3.22. The Morgan fingerprint density at radius 3 is 2.64 bits per heavy atom. The van der Waals surface area contributed by atoms with Crippen LogP contribution in [0.4, 0.5) is 5.82 Å². The lowest BCUT2D eigenvalue weighted by Crippen LogP contribution is -2.31. The van der Waals surface area contributed by atoms with E-state index in [0.717, 1.165) is 42.0 Å². The van der Waals surface area contributed by atoms with Crippen molar-refractivity contribution in [2.45, 2.75) is 51.2 Å². The first-order valence-electron chi connectivity index (χ1n) is 9.90. The van der Waals surface area contributed by atoms with E-state index in [0.29, 0.717) is 12.4 Å². The molecule has 1 aromatic carbocycles. The summed E-state index contributed by atoms with van der Waals surface area (Å²) < 4.78 is 1.66. The lowest BCUT2D eigenvalue weighted by molar-refractivity contribution is -0.122. The van der Waals surface area contributed by atoms with Gasteiger partial charge in [0.25, 0.3) is 0 Å². The summed E-state index contributed by atoms with van der Waals surface area (Å²) in [5.74, 6) is 2.23. The van der Waals surface area contributed by atoms with E-state index < -0.39 is 0 Å². The number of nitrogens with one attached hydrogen (secondary N) is 2. The summed E-state index contributed by atoms with van der Waals surface area (Å²) in [7, 11) is 0. The number of aromatic nitrogens is 2. The number of hydrogen-bond donors (Lipinski definition) is 2. The first kappa shape index (κ1) is 20.5. The average Bonchev–Trinajstić information content (AvgIpc) is 3.26. The molecule has 0 saturated carbocycles. The van der Waals surface area contributed by atoms with Crippen LogP contribution in [0, 0.1) is 5.92 Å². The van der Waals surface area contributed by atoms with Crippen molar-refractivity contribution in [3.8, 4) is 0 Å². The molecule has 0 bridgehead atoms. The van der Waals surface area contributed by atoms with Gasteiger partial charge >= 0.3 is 0 Å². The normalized spacial score (nSPS) is 12.8. The number of amides is 2. The zero-order chi connectivity index (χ0) is 19.9. The molecule has 150 valence electrons. The summed E-state index contributed by atoms with van der Waals surface area (Å²) in [6.45, 7) is 4.73. The maximum Gasteiger partial charge on any atom is 0.241 e. The number of rotatable bonds is 9. The molecule has 0 radical (unpaired) electrons. The fraction of sp³-hybridized carbons (Fsp3) is 0.476. The number of carbonyl (C=O) groups excluding carboxylic acids is 2. The fourth-order valence-corrected chi connectivity index (χ4v) is 4.42. The molecule has 6 nitrogen and oxygen atoms in total. The maximum atomic E-state index is 12.6. The highest BCUT2D eigenvalue weighted by atomic mass is 32.2. The summed E-state index contributed by atoms with van der Waals surface area (Å²) >= 11 is 1.78. The molecule has 0 fully saturated rings. The first-order chi connectivity index (χ1) is 13.6. The molecular weight excluding hydrogens is 372 g/mol. The van der Waals surface area contributed by atoms with Crippen LogP contribution < -0.4 is 10.6 Å². The third-order valence-corrected chi connectivity index (χ3v) is 6.06. The summed E-state index contributed by atoms with van der Waals surface area (Å²) in [5, 5.41) is 10.6. The Balaban J connectivity index is 1.63. The van der Waals surface area contributed by atoms with Gasteiger partial charge in [-0.25, -0.2) is 4.68 Å². The second kappa shape index (κ2) is 9.78. The quantitative estimate of drug-likeness (QED) is 0.677. The highest BCUT2D eigenvalue weighted by Crippen LogP contribution is 2.35. The summed E-state index contributed by atoms with van der Waals surface area (Å²) in [6.07, 6.45) is 2.39. The molecule has 0 saturated heterocycles. The minimum absolute atomic E-state index is 0.00957. The smallest absolute Gasteiger partial charge is 0.241 e. The largest absolute Gasteiger partial charge is 0.354 e. The van der Waals surface area contributed by atoms with Crippen LogP contribution in [0.25, 0.3) is 0 Å².